The Morgan fingerprint density at radius 1 is 1.11 bits per heavy atom. The van der Waals surface area contributed by atoms with Crippen molar-refractivity contribution < 1.29 is 13.9 Å². The summed E-state index contributed by atoms with van der Waals surface area (Å²) in [5.41, 5.74) is 0.760. The molecule has 0 atom stereocenters. The number of methoxy groups -OCH3 is 1. The minimum absolute atomic E-state index is 0.238. The Kier molecular flexibility index (Phi) is 4.20. The first-order chi connectivity index (χ1) is 8.69. The molecule has 0 aromatic heterocycles. The van der Waals surface area contributed by atoms with Crippen molar-refractivity contribution in [2.45, 2.75) is 6.61 Å². The summed E-state index contributed by atoms with van der Waals surface area (Å²) in [5.74, 6) is 0.603. The zero-order valence-corrected chi connectivity index (χ0v) is 11.4. The first-order valence-electron chi connectivity index (χ1n) is 5.40. The lowest BCUT2D eigenvalue weighted by molar-refractivity contribution is 0.304. The van der Waals surface area contributed by atoms with Crippen molar-refractivity contribution in [2.24, 2.45) is 0 Å². The summed E-state index contributed by atoms with van der Waals surface area (Å²) in [6, 6.07) is 12.3. The lowest BCUT2D eigenvalue weighted by atomic mass is 10.2. The van der Waals surface area contributed by atoms with E-state index in [0.29, 0.717) is 6.61 Å². The van der Waals surface area contributed by atoms with Gasteiger partial charge in [-0.1, -0.05) is 22.0 Å². The minimum atomic E-state index is -0.380. The maximum atomic E-state index is 13.4. The molecule has 2 aromatic rings. The number of halogens is 2. The molecule has 2 rings (SSSR count). The predicted molar refractivity (Wildman–Crippen MR) is 71.4 cm³/mol. The molecular formula is C14H12BrFO2. The van der Waals surface area contributed by atoms with Crippen LogP contribution in [0.3, 0.4) is 0 Å². The van der Waals surface area contributed by atoms with Crippen LogP contribution in [0.1, 0.15) is 5.56 Å². The van der Waals surface area contributed by atoms with Crippen LogP contribution in [0.2, 0.25) is 0 Å². The second-order valence-corrected chi connectivity index (χ2v) is 4.63. The Morgan fingerprint density at radius 2 is 1.83 bits per heavy atom. The van der Waals surface area contributed by atoms with Gasteiger partial charge in [-0.2, -0.15) is 0 Å². The summed E-state index contributed by atoms with van der Waals surface area (Å²) in [5, 5.41) is 0. The predicted octanol–water partition coefficient (Wildman–Crippen LogP) is 4.18. The van der Waals surface area contributed by atoms with Crippen molar-refractivity contribution in [3.8, 4) is 11.5 Å². The average molecular weight is 311 g/mol. The van der Waals surface area contributed by atoms with Gasteiger partial charge in [0.05, 0.1) is 7.11 Å². The Bertz CT molecular complexity index is 526. The van der Waals surface area contributed by atoms with Gasteiger partial charge in [-0.25, -0.2) is 4.39 Å². The normalized spacial score (nSPS) is 10.2. The van der Waals surface area contributed by atoms with Crippen molar-refractivity contribution in [1.82, 2.24) is 0 Å². The molecule has 94 valence electrons. The highest BCUT2D eigenvalue weighted by atomic mass is 79.9. The maximum Gasteiger partial charge on any atom is 0.165 e. The smallest absolute Gasteiger partial charge is 0.165 e. The van der Waals surface area contributed by atoms with E-state index in [-0.39, 0.29) is 11.6 Å². The Balaban J connectivity index is 2.02. The van der Waals surface area contributed by atoms with E-state index < -0.39 is 0 Å². The molecule has 0 aliphatic carbocycles. The number of ether oxygens (including phenoxy) is 2. The van der Waals surface area contributed by atoms with Gasteiger partial charge >= 0.3 is 0 Å². The van der Waals surface area contributed by atoms with E-state index in [1.54, 1.807) is 12.1 Å². The second kappa shape index (κ2) is 5.87. The molecule has 2 aromatic carbocycles. The van der Waals surface area contributed by atoms with Gasteiger partial charge in [-0.05, 0) is 42.0 Å². The van der Waals surface area contributed by atoms with E-state index in [9.17, 15) is 4.39 Å². The zero-order valence-electron chi connectivity index (χ0n) is 9.82. The van der Waals surface area contributed by atoms with Gasteiger partial charge in [0, 0.05) is 4.47 Å². The van der Waals surface area contributed by atoms with Crippen LogP contribution in [0, 0.1) is 5.82 Å². The van der Waals surface area contributed by atoms with E-state index in [0.717, 1.165) is 15.8 Å². The molecular weight excluding hydrogens is 299 g/mol. The molecule has 0 amide bonds. The van der Waals surface area contributed by atoms with Gasteiger partial charge in [0.25, 0.3) is 0 Å². The summed E-state index contributed by atoms with van der Waals surface area (Å²) in [7, 11) is 1.44. The van der Waals surface area contributed by atoms with Gasteiger partial charge in [-0.15, -0.1) is 0 Å². The van der Waals surface area contributed by atoms with Crippen LogP contribution in [0.4, 0.5) is 4.39 Å². The van der Waals surface area contributed by atoms with Crippen molar-refractivity contribution in [2.75, 3.05) is 7.11 Å². The molecule has 0 spiro atoms. The Hall–Kier alpha value is -1.55. The number of benzene rings is 2. The van der Waals surface area contributed by atoms with E-state index in [4.69, 9.17) is 9.47 Å². The zero-order chi connectivity index (χ0) is 13.0. The van der Waals surface area contributed by atoms with Gasteiger partial charge in [0.15, 0.2) is 11.6 Å². The van der Waals surface area contributed by atoms with Crippen LogP contribution in [-0.2, 0) is 6.61 Å². The summed E-state index contributed by atoms with van der Waals surface area (Å²) in [4.78, 5) is 0. The van der Waals surface area contributed by atoms with Crippen LogP contribution >= 0.6 is 15.9 Å². The standard InChI is InChI=1S/C14H12BrFO2/c1-17-14-7-2-10(8-13(14)16)9-18-12-5-3-11(15)4-6-12/h2-8H,9H2,1H3. The molecule has 0 radical (unpaired) electrons. The van der Waals surface area contributed by atoms with Crippen LogP contribution in [0.25, 0.3) is 0 Å². The molecule has 0 unspecified atom stereocenters. The van der Waals surface area contributed by atoms with E-state index in [1.807, 2.05) is 24.3 Å². The van der Waals surface area contributed by atoms with Crippen LogP contribution in [0.15, 0.2) is 46.9 Å². The fraction of sp³-hybridized carbons (Fsp3) is 0.143. The molecule has 0 bridgehead atoms. The van der Waals surface area contributed by atoms with Crippen LogP contribution in [-0.4, -0.2) is 7.11 Å². The topological polar surface area (TPSA) is 18.5 Å². The molecule has 0 N–H and O–H groups in total. The van der Waals surface area contributed by atoms with E-state index >= 15 is 0 Å². The summed E-state index contributed by atoms with van der Waals surface area (Å²) >= 11 is 3.35. The lowest BCUT2D eigenvalue weighted by Gasteiger charge is -2.08. The molecule has 0 heterocycles. The molecule has 0 aliphatic heterocycles. The van der Waals surface area contributed by atoms with E-state index in [1.165, 1.54) is 13.2 Å². The minimum Gasteiger partial charge on any atom is -0.494 e. The summed E-state index contributed by atoms with van der Waals surface area (Å²) < 4.78 is 24.8. The Labute approximate surface area is 113 Å². The lowest BCUT2D eigenvalue weighted by Crippen LogP contribution is -1.97. The molecule has 18 heavy (non-hydrogen) atoms. The van der Waals surface area contributed by atoms with E-state index in [2.05, 4.69) is 15.9 Å². The third kappa shape index (κ3) is 3.23. The van der Waals surface area contributed by atoms with Crippen molar-refractivity contribution >= 4 is 15.9 Å². The molecule has 0 saturated heterocycles. The fourth-order valence-corrected chi connectivity index (χ4v) is 1.76. The highest BCUT2D eigenvalue weighted by molar-refractivity contribution is 9.10. The van der Waals surface area contributed by atoms with Gasteiger partial charge in [-0.3, -0.25) is 0 Å². The van der Waals surface area contributed by atoms with Crippen LogP contribution in [0.5, 0.6) is 11.5 Å². The Morgan fingerprint density at radius 3 is 2.44 bits per heavy atom. The summed E-state index contributed by atoms with van der Waals surface area (Å²) in [6.07, 6.45) is 0. The highest BCUT2D eigenvalue weighted by Crippen LogP contribution is 2.20. The maximum absolute atomic E-state index is 13.4. The van der Waals surface area contributed by atoms with Crippen molar-refractivity contribution in [3.05, 3.63) is 58.3 Å². The molecule has 0 aliphatic rings. The molecule has 0 fully saturated rings. The molecule has 2 nitrogen and oxygen atoms in total. The van der Waals surface area contributed by atoms with Gasteiger partial charge < -0.3 is 9.47 Å². The molecule has 4 heteroatoms. The number of hydrogen-bond donors (Lipinski definition) is 0. The van der Waals surface area contributed by atoms with Crippen LogP contribution < -0.4 is 9.47 Å². The van der Waals surface area contributed by atoms with Gasteiger partial charge in [0.1, 0.15) is 12.4 Å². The third-order valence-corrected chi connectivity index (χ3v) is 2.96. The first kappa shape index (κ1) is 12.9. The number of hydrogen-bond acceptors (Lipinski definition) is 2. The quantitative estimate of drug-likeness (QED) is 0.843. The monoisotopic (exact) mass is 310 g/mol. The largest absolute Gasteiger partial charge is 0.494 e. The second-order valence-electron chi connectivity index (χ2n) is 3.71. The van der Waals surface area contributed by atoms with Crippen molar-refractivity contribution in [1.29, 1.82) is 0 Å². The highest BCUT2D eigenvalue weighted by Gasteiger charge is 2.04. The third-order valence-electron chi connectivity index (χ3n) is 2.44. The number of rotatable bonds is 4. The molecule has 0 saturated carbocycles. The summed E-state index contributed by atoms with van der Waals surface area (Å²) in [6.45, 7) is 0.322. The van der Waals surface area contributed by atoms with Crippen molar-refractivity contribution in [3.63, 3.8) is 0 Å². The SMILES string of the molecule is COc1ccc(COc2ccc(Br)cc2)cc1F. The first-order valence-corrected chi connectivity index (χ1v) is 6.19. The fourth-order valence-electron chi connectivity index (χ4n) is 1.50. The van der Waals surface area contributed by atoms with Gasteiger partial charge in [0.2, 0.25) is 0 Å². The average Bonchev–Trinajstić information content (AvgIpc) is 2.38.